The molecule has 140 valence electrons. The molecule has 0 saturated carbocycles. The molecule has 2 aliphatic heterocycles. The Labute approximate surface area is 162 Å². The van der Waals surface area contributed by atoms with E-state index in [0.29, 0.717) is 6.42 Å². The summed E-state index contributed by atoms with van der Waals surface area (Å²) in [6.45, 7) is 0.235. The molecule has 0 fully saturated rings. The van der Waals surface area contributed by atoms with Crippen LogP contribution in [0.1, 0.15) is 22.9 Å². The number of benzene rings is 2. The van der Waals surface area contributed by atoms with Crippen LogP contribution < -0.4 is 14.8 Å². The van der Waals surface area contributed by atoms with Gasteiger partial charge in [0, 0.05) is 23.0 Å². The van der Waals surface area contributed by atoms with Gasteiger partial charge in [-0.15, -0.1) is 12.4 Å². The van der Waals surface area contributed by atoms with E-state index >= 15 is 0 Å². The third kappa shape index (κ3) is 2.81. The molecular weight excluding hydrogens is 368 g/mol. The summed E-state index contributed by atoms with van der Waals surface area (Å²) in [5, 5.41) is 4.57. The molecule has 0 aliphatic carbocycles. The van der Waals surface area contributed by atoms with Crippen molar-refractivity contribution in [3.63, 3.8) is 0 Å². The van der Waals surface area contributed by atoms with Crippen molar-refractivity contribution < 1.29 is 19.0 Å². The largest absolute Gasteiger partial charge is 0.468 e. The minimum Gasteiger partial charge on any atom is -0.468 e. The third-order valence-corrected chi connectivity index (χ3v) is 5.13. The fourth-order valence-corrected chi connectivity index (χ4v) is 3.88. The molecule has 0 radical (unpaired) electrons. The number of carbonyl (C=O) groups excluding carboxylic acids is 1. The summed E-state index contributed by atoms with van der Waals surface area (Å²) in [6, 6.07) is 13.5. The molecule has 2 aromatic carbocycles. The second-order valence-corrected chi connectivity index (χ2v) is 6.56. The quantitative estimate of drug-likeness (QED) is 0.662. The first-order valence-electron chi connectivity index (χ1n) is 8.57. The highest BCUT2D eigenvalue weighted by molar-refractivity contribution is 5.87. The zero-order chi connectivity index (χ0) is 17.7. The highest BCUT2D eigenvalue weighted by Crippen LogP contribution is 2.39. The van der Waals surface area contributed by atoms with Crippen molar-refractivity contribution in [3.05, 3.63) is 59.3 Å². The van der Waals surface area contributed by atoms with E-state index in [9.17, 15) is 4.79 Å². The van der Waals surface area contributed by atoms with Crippen LogP contribution in [0, 0.1) is 0 Å². The highest BCUT2D eigenvalue weighted by Gasteiger charge is 2.35. The van der Waals surface area contributed by atoms with Gasteiger partial charge < -0.3 is 19.2 Å². The number of rotatable bonds is 2. The van der Waals surface area contributed by atoms with E-state index in [4.69, 9.17) is 14.2 Å². The number of para-hydroxylation sites is 1. The van der Waals surface area contributed by atoms with E-state index in [-0.39, 0.29) is 31.2 Å². The Balaban J connectivity index is 0.00000180. The first-order chi connectivity index (χ1) is 12.7. The Morgan fingerprint density at radius 2 is 1.96 bits per heavy atom. The average molecular weight is 387 g/mol. The summed E-state index contributed by atoms with van der Waals surface area (Å²) in [7, 11) is 1.42. The summed E-state index contributed by atoms with van der Waals surface area (Å²) in [6.07, 6.45) is 0.590. The van der Waals surface area contributed by atoms with Gasteiger partial charge in [-0.1, -0.05) is 24.3 Å². The number of H-pyrrole nitrogens is 1. The number of halogens is 1. The molecule has 7 heteroatoms. The van der Waals surface area contributed by atoms with Crippen LogP contribution in [0.5, 0.6) is 11.5 Å². The van der Waals surface area contributed by atoms with Crippen LogP contribution in [0.3, 0.4) is 0 Å². The van der Waals surface area contributed by atoms with Crippen LogP contribution in [-0.2, 0) is 16.0 Å². The van der Waals surface area contributed by atoms with Crippen LogP contribution in [-0.4, -0.2) is 30.9 Å². The number of aromatic nitrogens is 1. The smallest absolute Gasteiger partial charge is 0.323 e. The number of nitrogens with one attached hydrogen (secondary N) is 2. The summed E-state index contributed by atoms with van der Waals surface area (Å²) < 4.78 is 15.9. The van der Waals surface area contributed by atoms with Gasteiger partial charge in [0.25, 0.3) is 0 Å². The lowest BCUT2D eigenvalue weighted by molar-refractivity contribution is -0.143. The predicted octanol–water partition coefficient (Wildman–Crippen LogP) is 3.10. The molecule has 3 heterocycles. The number of carbonyl (C=O) groups is 1. The van der Waals surface area contributed by atoms with Crippen molar-refractivity contribution >= 4 is 29.3 Å². The molecule has 0 unspecified atom stereocenters. The maximum atomic E-state index is 12.3. The van der Waals surface area contributed by atoms with Gasteiger partial charge in [0.1, 0.15) is 6.04 Å². The van der Waals surface area contributed by atoms with Gasteiger partial charge in [-0.25, -0.2) is 0 Å². The Bertz CT molecular complexity index is 1020. The Morgan fingerprint density at radius 1 is 1.15 bits per heavy atom. The van der Waals surface area contributed by atoms with E-state index in [1.807, 2.05) is 30.3 Å². The lowest BCUT2D eigenvalue weighted by atomic mass is 9.90. The van der Waals surface area contributed by atoms with Crippen molar-refractivity contribution in [2.75, 3.05) is 13.9 Å². The number of hydrogen-bond donors (Lipinski definition) is 2. The van der Waals surface area contributed by atoms with E-state index in [0.717, 1.165) is 39.2 Å². The molecule has 0 amide bonds. The molecule has 3 aromatic rings. The fourth-order valence-electron chi connectivity index (χ4n) is 3.88. The standard InChI is InChI=1S/C20H18N2O4.ClH/c1-24-20(23)15-9-13-12-4-2-3-5-14(12)21-19(13)18(22-15)11-6-7-16-17(8-11)26-10-25-16;/h2-8,15,18,21-22H,9-10H2,1H3;1H/t15-,18+;/m0./s1. The van der Waals surface area contributed by atoms with Crippen molar-refractivity contribution in [1.29, 1.82) is 0 Å². The SMILES string of the molecule is COC(=O)[C@@H]1Cc2c([nH]c3ccccc23)[C@@H](c2ccc3c(c2)OCO3)N1.Cl. The molecule has 0 saturated heterocycles. The van der Waals surface area contributed by atoms with E-state index in [1.54, 1.807) is 0 Å². The zero-order valence-electron chi connectivity index (χ0n) is 14.7. The first kappa shape index (κ1) is 17.7. The van der Waals surface area contributed by atoms with Crippen LogP contribution in [0.4, 0.5) is 0 Å². The molecule has 0 bridgehead atoms. The number of esters is 1. The Hall–Kier alpha value is -2.70. The van der Waals surface area contributed by atoms with Crippen LogP contribution >= 0.6 is 12.4 Å². The van der Waals surface area contributed by atoms with Crippen molar-refractivity contribution in [2.24, 2.45) is 0 Å². The van der Waals surface area contributed by atoms with Gasteiger partial charge in [0.05, 0.1) is 13.2 Å². The number of aromatic amines is 1. The van der Waals surface area contributed by atoms with Gasteiger partial charge in [0.2, 0.25) is 6.79 Å². The maximum absolute atomic E-state index is 12.3. The zero-order valence-corrected chi connectivity index (χ0v) is 15.5. The van der Waals surface area contributed by atoms with Crippen LogP contribution in [0.2, 0.25) is 0 Å². The summed E-state index contributed by atoms with van der Waals surface area (Å²) >= 11 is 0. The first-order valence-corrected chi connectivity index (χ1v) is 8.57. The van der Waals surface area contributed by atoms with Crippen LogP contribution in [0.15, 0.2) is 42.5 Å². The van der Waals surface area contributed by atoms with Gasteiger partial charge in [-0.3, -0.25) is 10.1 Å². The minimum atomic E-state index is -0.401. The number of hydrogen-bond acceptors (Lipinski definition) is 5. The van der Waals surface area contributed by atoms with Crippen molar-refractivity contribution in [2.45, 2.75) is 18.5 Å². The fraction of sp³-hybridized carbons (Fsp3) is 0.250. The average Bonchev–Trinajstić information content (AvgIpc) is 3.30. The molecule has 2 N–H and O–H groups in total. The monoisotopic (exact) mass is 386 g/mol. The predicted molar refractivity (Wildman–Crippen MR) is 103 cm³/mol. The maximum Gasteiger partial charge on any atom is 0.323 e. The molecule has 1 aromatic heterocycles. The van der Waals surface area contributed by atoms with E-state index in [1.165, 1.54) is 7.11 Å². The third-order valence-electron chi connectivity index (χ3n) is 5.13. The highest BCUT2D eigenvalue weighted by atomic mass is 35.5. The summed E-state index contributed by atoms with van der Waals surface area (Å²) in [4.78, 5) is 15.8. The molecule has 5 rings (SSSR count). The normalized spacial score (nSPS) is 20.0. The lowest BCUT2D eigenvalue weighted by Crippen LogP contribution is -2.45. The van der Waals surface area contributed by atoms with E-state index < -0.39 is 6.04 Å². The van der Waals surface area contributed by atoms with E-state index in [2.05, 4.69) is 22.4 Å². The summed E-state index contributed by atoms with van der Waals surface area (Å²) in [5.41, 5.74) is 4.30. The topological polar surface area (TPSA) is 72.6 Å². The van der Waals surface area contributed by atoms with Gasteiger partial charge in [-0.2, -0.15) is 0 Å². The molecular formula is C20H19ClN2O4. The molecule has 27 heavy (non-hydrogen) atoms. The number of fused-ring (bicyclic) bond motifs is 4. The van der Waals surface area contributed by atoms with Gasteiger partial charge in [0.15, 0.2) is 11.5 Å². The molecule has 6 nitrogen and oxygen atoms in total. The minimum absolute atomic E-state index is 0. The molecule has 2 aliphatic rings. The number of ether oxygens (including phenoxy) is 3. The van der Waals surface area contributed by atoms with Crippen molar-refractivity contribution in [1.82, 2.24) is 10.3 Å². The second-order valence-electron chi connectivity index (χ2n) is 6.56. The Morgan fingerprint density at radius 3 is 2.81 bits per heavy atom. The van der Waals surface area contributed by atoms with Crippen molar-refractivity contribution in [3.8, 4) is 11.5 Å². The summed E-state index contributed by atoms with van der Waals surface area (Å²) in [5.74, 6) is 1.21. The van der Waals surface area contributed by atoms with Gasteiger partial charge in [-0.05, 0) is 29.3 Å². The lowest BCUT2D eigenvalue weighted by Gasteiger charge is -2.30. The molecule has 2 atom stereocenters. The van der Waals surface area contributed by atoms with Gasteiger partial charge >= 0.3 is 5.97 Å². The Kier molecular flexibility index (Phi) is 4.45. The molecule has 0 spiro atoms. The number of methoxy groups -OCH3 is 1. The second kappa shape index (κ2) is 6.79. The van der Waals surface area contributed by atoms with Crippen LogP contribution in [0.25, 0.3) is 10.9 Å².